The van der Waals surface area contributed by atoms with Gasteiger partial charge in [0.2, 0.25) is 0 Å². The van der Waals surface area contributed by atoms with E-state index in [4.69, 9.17) is 0 Å². The van der Waals surface area contributed by atoms with Crippen molar-refractivity contribution in [2.75, 3.05) is 0 Å². The molecule has 144 valence electrons. The van der Waals surface area contributed by atoms with Crippen molar-refractivity contribution in [2.45, 2.75) is 12.8 Å². The first-order chi connectivity index (χ1) is 13.6. The molecule has 2 aromatic carbocycles. The van der Waals surface area contributed by atoms with Crippen LogP contribution in [0.15, 0.2) is 97.1 Å². The van der Waals surface area contributed by atoms with Gasteiger partial charge in [0.1, 0.15) is 0 Å². The second kappa shape index (κ2) is 17.3. The average Bonchev–Trinajstić information content (AvgIpc) is 3.48. The van der Waals surface area contributed by atoms with Gasteiger partial charge < -0.3 is 19.8 Å². The average molecular weight is 551 g/mol. The summed E-state index contributed by atoms with van der Waals surface area (Å²) in [7, 11) is 0. The van der Waals surface area contributed by atoms with Crippen LogP contribution < -0.4 is 10.2 Å². The number of hydrogen-bond donors (Lipinski definition) is 0. The minimum absolute atomic E-state index is 0. The van der Waals surface area contributed by atoms with Crippen LogP contribution in [0.25, 0.3) is 0 Å². The Kier molecular flexibility index (Phi) is 15.7. The van der Waals surface area contributed by atoms with E-state index in [0.29, 0.717) is 0 Å². The van der Waals surface area contributed by atoms with Gasteiger partial charge in [0.25, 0.3) is 0 Å². The van der Waals surface area contributed by atoms with E-state index in [-0.39, 0.29) is 37.0 Å². The van der Waals surface area contributed by atoms with E-state index < -0.39 is 11.9 Å². The van der Waals surface area contributed by atoms with Gasteiger partial charge in [-0.1, -0.05) is 60.7 Å². The largest absolute Gasteiger partial charge is 4.00 e. The summed E-state index contributed by atoms with van der Waals surface area (Å²) in [4.78, 5) is 20.2. The molecule has 0 fully saturated rings. The molecule has 4 rings (SSSR count). The maximum Gasteiger partial charge on any atom is 4.00 e. The van der Waals surface area contributed by atoms with E-state index in [2.05, 4.69) is 24.3 Å². The molecule has 2 aromatic rings. The Morgan fingerprint density at radius 3 is 1.14 bits per heavy atom. The van der Waals surface area contributed by atoms with Crippen LogP contribution in [0.1, 0.15) is 33.6 Å². The molecule has 0 saturated heterocycles. The van der Waals surface area contributed by atoms with Crippen molar-refractivity contribution in [1.82, 2.24) is 0 Å². The monoisotopic (exact) mass is 552 g/mol. The van der Waals surface area contributed by atoms with Crippen molar-refractivity contribution in [3.8, 4) is 0 Å². The van der Waals surface area contributed by atoms with Crippen molar-refractivity contribution in [3.63, 3.8) is 0 Å². The maximum atomic E-state index is 10.1. The normalized spacial score (nSPS) is 11.6. The number of aromatic carboxylic acids is 2. The van der Waals surface area contributed by atoms with Crippen molar-refractivity contribution < 1.29 is 45.6 Å². The minimum atomic E-state index is -1.13. The van der Waals surface area contributed by atoms with Crippen LogP contribution in [0.4, 0.5) is 0 Å². The third-order valence-corrected chi connectivity index (χ3v) is 3.19. The number of hydrogen-bond acceptors (Lipinski definition) is 4. The summed E-state index contributed by atoms with van der Waals surface area (Å²) >= 11 is 0. The predicted molar refractivity (Wildman–Crippen MR) is 105 cm³/mol. The summed E-state index contributed by atoms with van der Waals surface area (Å²) in [6.07, 6.45) is 20.0. The molecule has 29 heavy (non-hydrogen) atoms. The summed E-state index contributed by atoms with van der Waals surface area (Å²) in [6.45, 7) is 0. The molecule has 0 aliphatic heterocycles. The zero-order valence-corrected chi connectivity index (χ0v) is 19.4. The molecular weight excluding hydrogens is 531 g/mol. The maximum absolute atomic E-state index is 10.1. The van der Waals surface area contributed by atoms with Gasteiger partial charge in [-0.05, 0) is 11.1 Å². The molecule has 4 nitrogen and oxygen atoms in total. The molecule has 0 unspecified atom stereocenters. The Labute approximate surface area is 190 Å². The van der Waals surface area contributed by atoms with Crippen LogP contribution >= 0.6 is 0 Å². The molecule has 0 N–H and O–H groups in total. The number of carboxylic acid groups (broad SMARTS) is 2. The SMILES string of the molecule is O=C([O-])c1ccccc1.O=C([O-])c1ccccc1.[C-]1=CC=CC1.[C-]1=CC=CC1.[Hf+4]. The van der Waals surface area contributed by atoms with Gasteiger partial charge in [-0.15, -0.1) is 12.8 Å². The van der Waals surface area contributed by atoms with Crippen molar-refractivity contribution in [3.05, 3.63) is 120 Å². The van der Waals surface area contributed by atoms with Crippen molar-refractivity contribution in [1.29, 1.82) is 0 Å². The molecule has 0 heterocycles. The van der Waals surface area contributed by atoms with E-state index in [1.165, 1.54) is 24.3 Å². The van der Waals surface area contributed by atoms with Gasteiger partial charge in [0.15, 0.2) is 0 Å². The number of carbonyl (C=O) groups is 2. The van der Waals surface area contributed by atoms with Crippen LogP contribution in [-0.2, 0) is 25.8 Å². The first kappa shape index (κ1) is 26.2. The zero-order valence-electron chi connectivity index (χ0n) is 15.8. The number of carboxylic acids is 2. The Morgan fingerprint density at radius 2 is 1.00 bits per heavy atom. The molecule has 2 aliphatic carbocycles. The number of allylic oxidation sites excluding steroid dienone is 8. The van der Waals surface area contributed by atoms with Gasteiger partial charge in [-0.3, -0.25) is 12.2 Å². The third-order valence-electron chi connectivity index (χ3n) is 3.19. The second-order valence-corrected chi connectivity index (χ2v) is 5.31. The Morgan fingerprint density at radius 1 is 0.655 bits per heavy atom. The second-order valence-electron chi connectivity index (χ2n) is 5.31. The smallest absolute Gasteiger partial charge is 0.545 e. The van der Waals surface area contributed by atoms with E-state index in [0.717, 1.165) is 12.8 Å². The number of carbonyl (C=O) groups excluding carboxylic acids is 2. The van der Waals surface area contributed by atoms with Gasteiger partial charge in [-0.25, -0.2) is 24.3 Å². The first-order valence-corrected chi connectivity index (χ1v) is 8.57. The van der Waals surface area contributed by atoms with Crippen LogP contribution in [-0.4, -0.2) is 11.9 Å². The molecule has 5 heteroatoms. The van der Waals surface area contributed by atoms with E-state index in [1.54, 1.807) is 36.4 Å². The Balaban J connectivity index is 0.000000369. The quantitative estimate of drug-likeness (QED) is 0.425. The fourth-order valence-electron chi connectivity index (χ4n) is 1.83. The van der Waals surface area contributed by atoms with Gasteiger partial charge in [-0.2, -0.15) is 12.2 Å². The van der Waals surface area contributed by atoms with Crippen LogP contribution in [0.5, 0.6) is 0 Å². The fraction of sp³-hybridized carbons (Fsp3) is 0.0833. The standard InChI is InChI=1S/2C7H6O2.2C5H5.Hf/c2*8-7(9)6-4-2-1-3-5-6;2*1-2-4-5-3-1;/h2*1-5H,(H,8,9);2*1-3H,4H2;/q;;2*-1;+4/p-2. The molecule has 0 spiro atoms. The summed E-state index contributed by atoms with van der Waals surface area (Å²) in [5.41, 5.74) is 0.440. The molecule has 0 aromatic heterocycles. The number of benzene rings is 2. The predicted octanol–water partition coefficient (Wildman–Crippen LogP) is 2.71. The topological polar surface area (TPSA) is 80.3 Å². The molecular formula is C24H20HfO4. The first-order valence-electron chi connectivity index (χ1n) is 8.57. The molecule has 0 saturated carbocycles. The zero-order chi connectivity index (χ0) is 20.5. The molecule has 0 radical (unpaired) electrons. The van der Waals surface area contributed by atoms with Crippen LogP contribution in [0.3, 0.4) is 0 Å². The molecule has 2 aliphatic rings. The summed E-state index contributed by atoms with van der Waals surface area (Å²) in [6, 6.07) is 16.1. The summed E-state index contributed by atoms with van der Waals surface area (Å²) < 4.78 is 0. The summed E-state index contributed by atoms with van der Waals surface area (Å²) in [5.74, 6) is -2.26. The van der Waals surface area contributed by atoms with E-state index >= 15 is 0 Å². The molecule has 0 atom stereocenters. The molecule has 0 bridgehead atoms. The van der Waals surface area contributed by atoms with E-state index in [1.807, 2.05) is 24.3 Å². The fourth-order valence-corrected chi connectivity index (χ4v) is 1.83. The Bertz CT molecular complexity index is 731. The van der Waals surface area contributed by atoms with Gasteiger partial charge in [0, 0.05) is 0 Å². The molecule has 0 amide bonds. The number of rotatable bonds is 2. The Hall–Kier alpha value is -2.79. The van der Waals surface area contributed by atoms with Gasteiger partial charge >= 0.3 is 25.8 Å². The van der Waals surface area contributed by atoms with Crippen LogP contribution in [0, 0.1) is 12.2 Å². The van der Waals surface area contributed by atoms with Gasteiger partial charge in [0.05, 0.1) is 11.9 Å². The third kappa shape index (κ3) is 13.9. The van der Waals surface area contributed by atoms with Crippen molar-refractivity contribution in [2.24, 2.45) is 0 Å². The minimum Gasteiger partial charge on any atom is -0.545 e. The van der Waals surface area contributed by atoms with E-state index in [9.17, 15) is 19.8 Å². The summed E-state index contributed by atoms with van der Waals surface area (Å²) in [5, 5.41) is 20.2. The van der Waals surface area contributed by atoms with Crippen LogP contribution in [0.2, 0.25) is 0 Å². The van der Waals surface area contributed by atoms with Crippen molar-refractivity contribution >= 4 is 11.9 Å².